The Kier molecular flexibility index (Phi) is 5.57. The molecule has 6 nitrogen and oxygen atoms in total. The SMILES string of the molecule is COc1ccc(Nc2cnc(C(=O)Nc3cc(C)cc(C)c3)cn2)cc1Cl. The van der Waals surface area contributed by atoms with Gasteiger partial charge in [0, 0.05) is 11.4 Å². The number of methoxy groups -OCH3 is 1. The second-order valence-corrected chi connectivity index (χ2v) is 6.50. The number of nitrogens with one attached hydrogen (secondary N) is 2. The Morgan fingerprint density at radius 1 is 1.00 bits per heavy atom. The maximum absolute atomic E-state index is 12.4. The van der Waals surface area contributed by atoms with Gasteiger partial charge in [-0.05, 0) is 55.3 Å². The van der Waals surface area contributed by atoms with Crippen LogP contribution in [0.15, 0.2) is 48.8 Å². The van der Waals surface area contributed by atoms with Crippen molar-refractivity contribution in [2.24, 2.45) is 0 Å². The summed E-state index contributed by atoms with van der Waals surface area (Å²) in [5.74, 6) is 0.775. The summed E-state index contributed by atoms with van der Waals surface area (Å²) < 4.78 is 5.12. The molecule has 0 radical (unpaired) electrons. The number of hydrogen-bond acceptors (Lipinski definition) is 5. The highest BCUT2D eigenvalue weighted by Gasteiger charge is 2.10. The first kappa shape index (κ1) is 18.7. The second kappa shape index (κ2) is 8.05. The van der Waals surface area contributed by atoms with E-state index in [-0.39, 0.29) is 11.6 Å². The monoisotopic (exact) mass is 382 g/mol. The fourth-order valence-electron chi connectivity index (χ4n) is 2.64. The molecule has 2 N–H and O–H groups in total. The number of ether oxygens (including phenoxy) is 1. The Morgan fingerprint density at radius 2 is 1.74 bits per heavy atom. The van der Waals surface area contributed by atoms with Crippen LogP contribution in [0.5, 0.6) is 5.75 Å². The first-order valence-corrected chi connectivity index (χ1v) is 8.64. The van der Waals surface area contributed by atoms with Crippen molar-refractivity contribution in [3.63, 3.8) is 0 Å². The highest BCUT2D eigenvalue weighted by atomic mass is 35.5. The van der Waals surface area contributed by atoms with Crippen LogP contribution in [-0.4, -0.2) is 23.0 Å². The average molecular weight is 383 g/mol. The number of aromatic nitrogens is 2. The summed E-state index contributed by atoms with van der Waals surface area (Å²) in [5.41, 5.74) is 3.85. The van der Waals surface area contributed by atoms with Crippen molar-refractivity contribution in [2.75, 3.05) is 17.7 Å². The zero-order valence-corrected chi connectivity index (χ0v) is 16.0. The first-order valence-electron chi connectivity index (χ1n) is 8.27. The number of rotatable bonds is 5. The number of halogens is 1. The van der Waals surface area contributed by atoms with Gasteiger partial charge in [-0.25, -0.2) is 9.97 Å². The van der Waals surface area contributed by atoms with E-state index >= 15 is 0 Å². The van der Waals surface area contributed by atoms with E-state index in [1.807, 2.05) is 38.1 Å². The topological polar surface area (TPSA) is 76.1 Å². The van der Waals surface area contributed by atoms with Crippen LogP contribution in [-0.2, 0) is 0 Å². The molecular formula is C20H19ClN4O2. The third kappa shape index (κ3) is 4.74. The molecule has 0 atom stereocenters. The van der Waals surface area contributed by atoms with Gasteiger partial charge in [-0.3, -0.25) is 4.79 Å². The van der Waals surface area contributed by atoms with Crippen LogP contribution in [0.1, 0.15) is 21.6 Å². The van der Waals surface area contributed by atoms with Gasteiger partial charge in [0.05, 0.1) is 24.5 Å². The quantitative estimate of drug-likeness (QED) is 0.665. The van der Waals surface area contributed by atoms with E-state index in [2.05, 4.69) is 20.6 Å². The maximum Gasteiger partial charge on any atom is 0.275 e. The van der Waals surface area contributed by atoms with Crippen molar-refractivity contribution < 1.29 is 9.53 Å². The Morgan fingerprint density at radius 3 is 2.33 bits per heavy atom. The van der Waals surface area contributed by atoms with Gasteiger partial charge in [0.25, 0.3) is 5.91 Å². The van der Waals surface area contributed by atoms with E-state index in [4.69, 9.17) is 16.3 Å². The van der Waals surface area contributed by atoms with Crippen LogP contribution in [0.3, 0.4) is 0 Å². The first-order chi connectivity index (χ1) is 12.9. The molecule has 0 saturated heterocycles. The predicted octanol–water partition coefficient (Wildman–Crippen LogP) is 4.75. The van der Waals surface area contributed by atoms with Gasteiger partial charge in [0.1, 0.15) is 17.3 Å². The molecule has 7 heteroatoms. The number of carbonyl (C=O) groups excluding carboxylic acids is 1. The van der Waals surface area contributed by atoms with E-state index in [9.17, 15) is 4.79 Å². The van der Waals surface area contributed by atoms with Crippen molar-refractivity contribution in [2.45, 2.75) is 13.8 Å². The van der Waals surface area contributed by atoms with Crippen LogP contribution < -0.4 is 15.4 Å². The standard InChI is InChI=1S/C20H19ClN4O2/c1-12-6-13(2)8-15(7-12)25-20(26)17-10-23-19(11-22-17)24-14-4-5-18(27-3)16(21)9-14/h4-11H,1-3H3,(H,23,24)(H,25,26). The van der Waals surface area contributed by atoms with E-state index in [1.165, 1.54) is 12.4 Å². The smallest absolute Gasteiger partial charge is 0.275 e. The zero-order chi connectivity index (χ0) is 19.4. The highest BCUT2D eigenvalue weighted by molar-refractivity contribution is 6.32. The number of aryl methyl sites for hydroxylation is 2. The van der Waals surface area contributed by atoms with E-state index < -0.39 is 0 Å². The summed E-state index contributed by atoms with van der Waals surface area (Å²) in [6.07, 6.45) is 2.92. The minimum Gasteiger partial charge on any atom is -0.495 e. The molecule has 0 spiro atoms. The summed E-state index contributed by atoms with van der Waals surface area (Å²) in [4.78, 5) is 20.8. The van der Waals surface area contributed by atoms with Crippen LogP contribution in [0, 0.1) is 13.8 Å². The molecule has 27 heavy (non-hydrogen) atoms. The number of amides is 1. The van der Waals surface area contributed by atoms with E-state index in [0.717, 1.165) is 22.5 Å². The molecule has 0 aliphatic heterocycles. The lowest BCUT2D eigenvalue weighted by atomic mass is 10.1. The summed E-state index contributed by atoms with van der Waals surface area (Å²) in [6, 6.07) is 11.1. The normalized spacial score (nSPS) is 10.4. The molecule has 0 aliphatic carbocycles. The fourth-order valence-corrected chi connectivity index (χ4v) is 2.90. The van der Waals surface area contributed by atoms with Gasteiger partial charge in [-0.1, -0.05) is 17.7 Å². The lowest BCUT2D eigenvalue weighted by Gasteiger charge is -2.09. The third-order valence-electron chi connectivity index (χ3n) is 3.79. The highest BCUT2D eigenvalue weighted by Crippen LogP contribution is 2.28. The van der Waals surface area contributed by atoms with Crippen LogP contribution in [0.25, 0.3) is 0 Å². The Balaban J connectivity index is 1.69. The lowest BCUT2D eigenvalue weighted by Crippen LogP contribution is -2.14. The minimum atomic E-state index is -0.313. The molecular weight excluding hydrogens is 364 g/mol. The van der Waals surface area contributed by atoms with Crippen molar-refractivity contribution in [3.05, 3.63) is 70.6 Å². The van der Waals surface area contributed by atoms with Gasteiger partial charge in [0.15, 0.2) is 0 Å². The molecule has 0 unspecified atom stereocenters. The van der Waals surface area contributed by atoms with Gasteiger partial charge in [-0.2, -0.15) is 0 Å². The van der Waals surface area contributed by atoms with Gasteiger partial charge in [0.2, 0.25) is 0 Å². The van der Waals surface area contributed by atoms with Crippen molar-refractivity contribution in [3.8, 4) is 5.75 Å². The van der Waals surface area contributed by atoms with Crippen LogP contribution in [0.4, 0.5) is 17.2 Å². The van der Waals surface area contributed by atoms with Crippen molar-refractivity contribution >= 4 is 34.7 Å². The average Bonchev–Trinajstić information content (AvgIpc) is 2.61. The Hall–Kier alpha value is -3.12. The number of hydrogen-bond donors (Lipinski definition) is 2. The summed E-state index contributed by atoms with van der Waals surface area (Å²) in [5, 5.41) is 6.40. The molecule has 1 amide bonds. The molecule has 2 aromatic carbocycles. The van der Waals surface area contributed by atoms with Gasteiger partial charge < -0.3 is 15.4 Å². The molecule has 0 saturated carbocycles. The van der Waals surface area contributed by atoms with Gasteiger partial charge in [-0.15, -0.1) is 0 Å². The Labute approximate surface area is 162 Å². The molecule has 3 aromatic rings. The van der Waals surface area contributed by atoms with E-state index in [0.29, 0.717) is 16.6 Å². The number of anilines is 3. The summed E-state index contributed by atoms with van der Waals surface area (Å²) in [6.45, 7) is 3.96. The van der Waals surface area contributed by atoms with Crippen molar-refractivity contribution in [1.29, 1.82) is 0 Å². The molecule has 1 heterocycles. The molecule has 0 bridgehead atoms. The number of nitrogens with zero attached hydrogens (tertiary/aromatic N) is 2. The van der Waals surface area contributed by atoms with Gasteiger partial charge >= 0.3 is 0 Å². The molecule has 0 fully saturated rings. The second-order valence-electron chi connectivity index (χ2n) is 6.09. The van der Waals surface area contributed by atoms with E-state index in [1.54, 1.807) is 19.2 Å². The molecule has 1 aromatic heterocycles. The fraction of sp³-hybridized carbons (Fsp3) is 0.150. The zero-order valence-electron chi connectivity index (χ0n) is 15.2. The molecule has 3 rings (SSSR count). The van der Waals surface area contributed by atoms with Crippen LogP contribution in [0.2, 0.25) is 5.02 Å². The summed E-state index contributed by atoms with van der Waals surface area (Å²) >= 11 is 6.11. The van der Waals surface area contributed by atoms with Crippen LogP contribution >= 0.6 is 11.6 Å². The Bertz CT molecular complexity index is 954. The number of carbonyl (C=O) groups is 1. The van der Waals surface area contributed by atoms with Crippen molar-refractivity contribution in [1.82, 2.24) is 9.97 Å². The third-order valence-corrected chi connectivity index (χ3v) is 4.08. The largest absolute Gasteiger partial charge is 0.495 e. The maximum atomic E-state index is 12.4. The lowest BCUT2D eigenvalue weighted by molar-refractivity contribution is 0.102. The molecule has 138 valence electrons. The minimum absolute atomic E-state index is 0.229. The number of benzene rings is 2. The summed E-state index contributed by atoms with van der Waals surface area (Å²) in [7, 11) is 1.56. The molecule has 0 aliphatic rings. The predicted molar refractivity (Wildman–Crippen MR) is 107 cm³/mol.